The fourth-order valence-corrected chi connectivity index (χ4v) is 6.74. The molecule has 29 heavy (non-hydrogen) atoms. The van der Waals surface area contributed by atoms with E-state index in [1.165, 1.54) is 39.9 Å². The Morgan fingerprint density at radius 3 is 2.45 bits per heavy atom. The summed E-state index contributed by atoms with van der Waals surface area (Å²) in [6.45, 7) is 1.11. The zero-order chi connectivity index (χ0) is 20.4. The number of rotatable bonds is 5. The van der Waals surface area contributed by atoms with E-state index < -0.39 is 10.0 Å². The molecule has 0 atom stereocenters. The standard InChI is InChI=1S/C19H18BrN3O3S3/c20-17-9-8-16(28-17)15-12-27-19(21-15)22-18(24)13-4-6-14(7-5-13)29(25,26)23-10-2-1-3-11-23/h4-9,12H,1-3,10-11H2,(H,21,22,24). The summed E-state index contributed by atoms with van der Waals surface area (Å²) in [5.74, 6) is -0.319. The third kappa shape index (κ3) is 4.61. The van der Waals surface area contributed by atoms with Crippen LogP contribution in [0.1, 0.15) is 29.6 Å². The van der Waals surface area contributed by atoms with Gasteiger partial charge in [-0.2, -0.15) is 4.31 Å². The van der Waals surface area contributed by atoms with Crippen molar-refractivity contribution >= 4 is 59.7 Å². The van der Waals surface area contributed by atoms with Gasteiger partial charge in [0.2, 0.25) is 10.0 Å². The first-order valence-electron chi connectivity index (χ1n) is 9.06. The second-order valence-corrected chi connectivity index (χ2v) is 11.8. The van der Waals surface area contributed by atoms with E-state index in [-0.39, 0.29) is 10.8 Å². The lowest BCUT2D eigenvalue weighted by molar-refractivity contribution is 0.102. The van der Waals surface area contributed by atoms with Gasteiger partial charge in [0, 0.05) is 24.0 Å². The lowest BCUT2D eigenvalue weighted by atomic mass is 10.2. The lowest BCUT2D eigenvalue weighted by Gasteiger charge is -2.25. The second-order valence-electron chi connectivity index (χ2n) is 6.58. The highest BCUT2D eigenvalue weighted by molar-refractivity contribution is 9.11. The lowest BCUT2D eigenvalue weighted by Crippen LogP contribution is -2.35. The van der Waals surface area contributed by atoms with Gasteiger partial charge in [0.1, 0.15) is 0 Å². The van der Waals surface area contributed by atoms with Crippen LogP contribution in [0.15, 0.2) is 50.5 Å². The summed E-state index contributed by atoms with van der Waals surface area (Å²) in [6.07, 6.45) is 2.84. The first kappa shape index (κ1) is 20.7. The summed E-state index contributed by atoms with van der Waals surface area (Å²) >= 11 is 6.35. The number of amides is 1. The topological polar surface area (TPSA) is 79.4 Å². The summed E-state index contributed by atoms with van der Waals surface area (Å²) in [4.78, 5) is 18.2. The Kier molecular flexibility index (Phi) is 6.16. The van der Waals surface area contributed by atoms with E-state index in [4.69, 9.17) is 0 Å². The number of aromatic nitrogens is 1. The van der Waals surface area contributed by atoms with Crippen LogP contribution in [0.25, 0.3) is 10.6 Å². The molecular weight excluding hydrogens is 494 g/mol. The molecule has 1 saturated heterocycles. The predicted molar refractivity (Wildman–Crippen MR) is 120 cm³/mol. The third-order valence-corrected chi connectivity index (χ3v) is 8.94. The van der Waals surface area contributed by atoms with Crippen LogP contribution >= 0.6 is 38.6 Å². The van der Waals surface area contributed by atoms with Crippen molar-refractivity contribution in [1.82, 2.24) is 9.29 Å². The average molecular weight is 512 g/mol. The monoisotopic (exact) mass is 511 g/mol. The van der Waals surface area contributed by atoms with E-state index in [1.807, 2.05) is 17.5 Å². The molecule has 4 rings (SSSR count). The van der Waals surface area contributed by atoms with Gasteiger partial charge in [-0.1, -0.05) is 6.42 Å². The highest BCUT2D eigenvalue weighted by Gasteiger charge is 2.26. The van der Waals surface area contributed by atoms with Crippen LogP contribution in [-0.2, 0) is 10.0 Å². The van der Waals surface area contributed by atoms with Gasteiger partial charge in [-0.05, 0) is 65.2 Å². The molecule has 10 heteroatoms. The van der Waals surface area contributed by atoms with Crippen LogP contribution in [0.4, 0.5) is 5.13 Å². The Balaban J connectivity index is 1.45. The van der Waals surface area contributed by atoms with Crippen molar-refractivity contribution < 1.29 is 13.2 Å². The van der Waals surface area contributed by atoms with E-state index in [9.17, 15) is 13.2 Å². The highest BCUT2D eigenvalue weighted by atomic mass is 79.9. The number of carbonyl (C=O) groups excluding carboxylic acids is 1. The quantitative estimate of drug-likeness (QED) is 0.518. The van der Waals surface area contributed by atoms with E-state index in [0.717, 1.165) is 33.6 Å². The fraction of sp³-hybridized carbons (Fsp3) is 0.263. The molecule has 3 heterocycles. The molecule has 3 aromatic rings. The smallest absolute Gasteiger partial charge is 0.257 e. The average Bonchev–Trinajstić information content (AvgIpc) is 3.37. The Morgan fingerprint density at radius 1 is 1.07 bits per heavy atom. The maximum atomic E-state index is 12.7. The molecule has 2 aromatic heterocycles. The third-order valence-electron chi connectivity index (χ3n) is 4.62. The predicted octanol–water partition coefficient (Wildman–Crippen LogP) is 5.06. The second kappa shape index (κ2) is 8.65. The zero-order valence-electron chi connectivity index (χ0n) is 15.3. The molecule has 1 fully saturated rings. The van der Waals surface area contributed by atoms with E-state index in [2.05, 4.69) is 26.2 Å². The van der Waals surface area contributed by atoms with Crippen molar-refractivity contribution in [3.63, 3.8) is 0 Å². The number of sulfonamides is 1. The number of benzene rings is 1. The minimum absolute atomic E-state index is 0.218. The molecule has 1 N–H and O–H groups in total. The number of piperidine rings is 1. The van der Waals surface area contributed by atoms with Gasteiger partial charge in [0.05, 0.1) is 19.3 Å². The minimum atomic E-state index is -3.50. The Hall–Kier alpha value is -1.59. The van der Waals surface area contributed by atoms with Gasteiger partial charge in [0.25, 0.3) is 5.91 Å². The van der Waals surface area contributed by atoms with Gasteiger partial charge in [-0.15, -0.1) is 22.7 Å². The van der Waals surface area contributed by atoms with Gasteiger partial charge in [-0.3, -0.25) is 10.1 Å². The van der Waals surface area contributed by atoms with Crippen molar-refractivity contribution in [2.24, 2.45) is 0 Å². The summed E-state index contributed by atoms with van der Waals surface area (Å²) in [5.41, 5.74) is 1.20. The van der Waals surface area contributed by atoms with Crippen molar-refractivity contribution in [2.75, 3.05) is 18.4 Å². The normalized spacial score (nSPS) is 15.3. The van der Waals surface area contributed by atoms with Crippen LogP contribution in [0.2, 0.25) is 0 Å². The molecule has 0 aliphatic carbocycles. The van der Waals surface area contributed by atoms with Crippen LogP contribution in [0.5, 0.6) is 0 Å². The molecule has 0 radical (unpaired) electrons. The Bertz CT molecular complexity index is 1120. The molecule has 6 nitrogen and oxygen atoms in total. The molecule has 1 aliphatic rings. The molecule has 0 saturated carbocycles. The van der Waals surface area contributed by atoms with Crippen molar-refractivity contribution in [3.8, 4) is 10.6 Å². The molecule has 1 aromatic carbocycles. The largest absolute Gasteiger partial charge is 0.298 e. The zero-order valence-corrected chi connectivity index (χ0v) is 19.3. The number of hydrogen-bond donors (Lipinski definition) is 1. The van der Waals surface area contributed by atoms with Crippen LogP contribution in [0.3, 0.4) is 0 Å². The first-order chi connectivity index (χ1) is 13.9. The summed E-state index contributed by atoms with van der Waals surface area (Å²) in [7, 11) is -3.50. The number of thiazole rings is 1. The van der Waals surface area contributed by atoms with Crippen molar-refractivity contribution in [2.45, 2.75) is 24.2 Å². The van der Waals surface area contributed by atoms with Gasteiger partial charge in [0.15, 0.2) is 5.13 Å². The summed E-state index contributed by atoms with van der Waals surface area (Å²) < 4.78 is 28.0. The van der Waals surface area contributed by atoms with Crippen LogP contribution in [-0.4, -0.2) is 36.7 Å². The number of hydrogen-bond acceptors (Lipinski definition) is 6. The summed E-state index contributed by atoms with van der Waals surface area (Å²) in [6, 6.07) is 9.99. The highest BCUT2D eigenvalue weighted by Crippen LogP contribution is 2.33. The maximum Gasteiger partial charge on any atom is 0.257 e. The van der Waals surface area contributed by atoms with E-state index >= 15 is 0 Å². The SMILES string of the molecule is O=C(Nc1nc(-c2ccc(Br)s2)cs1)c1ccc(S(=O)(=O)N2CCCCC2)cc1. The number of nitrogens with zero attached hydrogens (tertiary/aromatic N) is 2. The van der Waals surface area contributed by atoms with E-state index in [0.29, 0.717) is 23.8 Å². The molecule has 0 bridgehead atoms. The van der Waals surface area contributed by atoms with E-state index in [1.54, 1.807) is 11.3 Å². The van der Waals surface area contributed by atoms with Gasteiger partial charge < -0.3 is 0 Å². The van der Waals surface area contributed by atoms with Gasteiger partial charge >= 0.3 is 0 Å². The number of halogens is 1. The number of thiophene rings is 1. The molecular formula is C19H18BrN3O3S3. The fourth-order valence-electron chi connectivity index (χ4n) is 3.10. The molecule has 1 amide bonds. The number of carbonyl (C=O) groups is 1. The summed E-state index contributed by atoms with van der Waals surface area (Å²) in [5, 5.41) is 5.17. The Labute approximate surface area is 185 Å². The van der Waals surface area contributed by atoms with Crippen LogP contribution < -0.4 is 5.32 Å². The molecule has 1 aliphatic heterocycles. The molecule has 152 valence electrons. The number of anilines is 1. The Morgan fingerprint density at radius 2 is 1.79 bits per heavy atom. The number of nitrogens with one attached hydrogen (secondary N) is 1. The maximum absolute atomic E-state index is 12.7. The first-order valence-corrected chi connectivity index (χ1v) is 13.0. The minimum Gasteiger partial charge on any atom is -0.298 e. The van der Waals surface area contributed by atoms with Crippen molar-refractivity contribution in [3.05, 3.63) is 51.1 Å². The molecule has 0 unspecified atom stereocenters. The van der Waals surface area contributed by atoms with Crippen LogP contribution in [0, 0.1) is 0 Å². The van der Waals surface area contributed by atoms with Crippen molar-refractivity contribution in [1.29, 1.82) is 0 Å². The van der Waals surface area contributed by atoms with Gasteiger partial charge in [-0.25, -0.2) is 13.4 Å². The molecule has 0 spiro atoms.